The van der Waals surface area contributed by atoms with Gasteiger partial charge in [0.1, 0.15) is 18.0 Å². The normalized spacial score (nSPS) is 19.9. The van der Waals surface area contributed by atoms with Crippen molar-refractivity contribution >= 4 is 11.9 Å². The predicted octanol–water partition coefficient (Wildman–Crippen LogP) is 1.69. The highest BCUT2D eigenvalue weighted by Gasteiger charge is 2.42. The fourth-order valence-electron chi connectivity index (χ4n) is 3.97. The summed E-state index contributed by atoms with van der Waals surface area (Å²) in [4.78, 5) is 22.6. The van der Waals surface area contributed by atoms with E-state index in [2.05, 4.69) is 15.3 Å². The molecule has 2 aliphatic heterocycles. The lowest BCUT2D eigenvalue weighted by atomic mass is 9.81. The number of amides is 1. The zero-order valence-electron chi connectivity index (χ0n) is 16.7. The topological polar surface area (TPSA) is 96.8 Å². The maximum Gasteiger partial charge on any atom is 0.246 e. The second kappa shape index (κ2) is 7.96. The standard InChI is InChI=1S/C21H26N4O4/c1-25(2)20-22-11-15(12-23-20)14-3-4-18-16(9-14)17(24-19(27)13-26)10-21(29-18)5-7-28-8-6-21/h3-4,9,11-12,17,26H,5-8,10,13H2,1-2H3,(H,24,27). The molecule has 1 fully saturated rings. The van der Waals surface area contributed by atoms with Gasteiger partial charge in [0.15, 0.2) is 0 Å². The molecule has 1 saturated heterocycles. The SMILES string of the molecule is CN(C)c1ncc(-c2ccc3c(c2)C(NC(=O)CO)CC2(CCOCC2)O3)cn1. The number of aliphatic hydroxyl groups is 1. The number of nitrogens with zero attached hydrogens (tertiary/aromatic N) is 3. The van der Waals surface area contributed by atoms with Crippen LogP contribution in [-0.4, -0.2) is 60.5 Å². The molecule has 0 bridgehead atoms. The number of ether oxygens (including phenoxy) is 2. The molecule has 1 aromatic heterocycles. The Morgan fingerprint density at radius 3 is 2.62 bits per heavy atom. The average Bonchev–Trinajstić information content (AvgIpc) is 2.74. The van der Waals surface area contributed by atoms with Gasteiger partial charge in [-0.15, -0.1) is 0 Å². The number of hydrogen-bond acceptors (Lipinski definition) is 7. The molecule has 0 saturated carbocycles. The van der Waals surface area contributed by atoms with Gasteiger partial charge < -0.3 is 24.8 Å². The fourth-order valence-corrected chi connectivity index (χ4v) is 3.97. The molecular formula is C21H26N4O4. The summed E-state index contributed by atoms with van der Waals surface area (Å²) in [6.07, 6.45) is 5.78. The minimum absolute atomic E-state index is 0.238. The van der Waals surface area contributed by atoms with Gasteiger partial charge in [0.25, 0.3) is 0 Å². The minimum Gasteiger partial charge on any atom is -0.487 e. The van der Waals surface area contributed by atoms with Gasteiger partial charge in [-0.2, -0.15) is 0 Å². The third kappa shape index (κ3) is 4.04. The van der Waals surface area contributed by atoms with Crippen molar-refractivity contribution in [3.8, 4) is 16.9 Å². The Balaban J connectivity index is 1.68. The number of aromatic nitrogens is 2. The van der Waals surface area contributed by atoms with E-state index >= 15 is 0 Å². The van der Waals surface area contributed by atoms with Crippen LogP contribution in [-0.2, 0) is 9.53 Å². The van der Waals surface area contributed by atoms with Crippen molar-refractivity contribution in [3.63, 3.8) is 0 Å². The first-order chi connectivity index (χ1) is 14.0. The van der Waals surface area contributed by atoms with Gasteiger partial charge in [-0.3, -0.25) is 4.79 Å². The van der Waals surface area contributed by atoms with Gasteiger partial charge in [-0.25, -0.2) is 9.97 Å². The summed E-state index contributed by atoms with van der Waals surface area (Å²) in [6, 6.07) is 5.70. The number of fused-ring (bicyclic) bond motifs is 1. The highest BCUT2D eigenvalue weighted by atomic mass is 16.5. The maximum absolute atomic E-state index is 12.0. The lowest BCUT2D eigenvalue weighted by Gasteiger charge is -2.44. The maximum atomic E-state index is 12.0. The summed E-state index contributed by atoms with van der Waals surface area (Å²) in [5.74, 6) is 1.01. The molecular weight excluding hydrogens is 372 g/mol. The Morgan fingerprint density at radius 2 is 1.97 bits per heavy atom. The molecule has 29 heavy (non-hydrogen) atoms. The Kier molecular flexibility index (Phi) is 5.38. The van der Waals surface area contributed by atoms with Crippen molar-refractivity contribution in [2.24, 2.45) is 0 Å². The van der Waals surface area contributed by atoms with Crippen LogP contribution in [0.1, 0.15) is 30.9 Å². The Morgan fingerprint density at radius 1 is 1.24 bits per heavy atom. The Labute approximate surface area is 169 Å². The number of aliphatic hydroxyl groups excluding tert-OH is 1. The van der Waals surface area contributed by atoms with E-state index in [-0.39, 0.29) is 11.6 Å². The van der Waals surface area contributed by atoms with Gasteiger partial charge in [0.2, 0.25) is 11.9 Å². The van der Waals surface area contributed by atoms with Crippen LogP contribution < -0.4 is 15.0 Å². The van der Waals surface area contributed by atoms with Crippen LogP contribution in [0.25, 0.3) is 11.1 Å². The second-order valence-corrected chi connectivity index (χ2v) is 7.80. The van der Waals surface area contributed by atoms with Crippen LogP contribution in [0.3, 0.4) is 0 Å². The molecule has 1 atom stereocenters. The largest absolute Gasteiger partial charge is 0.487 e. The van der Waals surface area contributed by atoms with E-state index in [0.29, 0.717) is 25.6 Å². The molecule has 1 aromatic carbocycles. The summed E-state index contributed by atoms with van der Waals surface area (Å²) in [6.45, 7) is 0.746. The zero-order valence-corrected chi connectivity index (χ0v) is 16.7. The van der Waals surface area contributed by atoms with Crippen LogP contribution in [0.4, 0.5) is 5.95 Å². The molecule has 4 rings (SSSR count). The van der Waals surface area contributed by atoms with E-state index in [0.717, 1.165) is 35.3 Å². The van der Waals surface area contributed by atoms with Crippen LogP contribution in [0.5, 0.6) is 5.75 Å². The third-order valence-electron chi connectivity index (χ3n) is 5.54. The first-order valence-electron chi connectivity index (χ1n) is 9.80. The molecule has 0 radical (unpaired) electrons. The van der Waals surface area contributed by atoms with E-state index in [1.54, 1.807) is 12.4 Å². The van der Waals surface area contributed by atoms with Gasteiger partial charge in [-0.1, -0.05) is 6.07 Å². The minimum atomic E-state index is -0.539. The lowest BCUT2D eigenvalue weighted by molar-refractivity contribution is -0.125. The Bertz CT molecular complexity index is 879. The van der Waals surface area contributed by atoms with Crippen molar-refractivity contribution in [1.82, 2.24) is 15.3 Å². The van der Waals surface area contributed by atoms with Crippen LogP contribution in [0.15, 0.2) is 30.6 Å². The van der Waals surface area contributed by atoms with Crippen molar-refractivity contribution < 1.29 is 19.4 Å². The van der Waals surface area contributed by atoms with Crippen molar-refractivity contribution in [1.29, 1.82) is 0 Å². The molecule has 8 nitrogen and oxygen atoms in total. The third-order valence-corrected chi connectivity index (χ3v) is 5.54. The van der Waals surface area contributed by atoms with Gasteiger partial charge in [0.05, 0.1) is 19.3 Å². The number of nitrogens with one attached hydrogen (secondary N) is 1. The molecule has 0 aliphatic carbocycles. The summed E-state index contributed by atoms with van der Waals surface area (Å²) >= 11 is 0. The average molecular weight is 398 g/mol. The molecule has 154 valence electrons. The highest BCUT2D eigenvalue weighted by Crippen LogP contribution is 2.45. The second-order valence-electron chi connectivity index (χ2n) is 7.80. The number of carbonyl (C=O) groups excluding carboxylic acids is 1. The molecule has 2 aliphatic rings. The Hall–Kier alpha value is -2.71. The molecule has 2 aromatic rings. The van der Waals surface area contributed by atoms with Gasteiger partial charge in [0, 0.05) is 56.9 Å². The number of benzene rings is 1. The van der Waals surface area contributed by atoms with E-state index in [9.17, 15) is 9.90 Å². The number of carbonyl (C=O) groups is 1. The molecule has 8 heteroatoms. The zero-order chi connectivity index (χ0) is 20.4. The van der Waals surface area contributed by atoms with E-state index < -0.39 is 12.5 Å². The van der Waals surface area contributed by atoms with E-state index in [4.69, 9.17) is 9.47 Å². The van der Waals surface area contributed by atoms with Crippen molar-refractivity contribution in [2.75, 3.05) is 38.8 Å². The van der Waals surface area contributed by atoms with Crippen LogP contribution in [0, 0.1) is 0 Å². The lowest BCUT2D eigenvalue weighted by Crippen LogP contribution is -2.48. The van der Waals surface area contributed by atoms with Crippen LogP contribution in [0.2, 0.25) is 0 Å². The summed E-state index contributed by atoms with van der Waals surface area (Å²) in [5, 5.41) is 12.2. The fraction of sp³-hybridized carbons (Fsp3) is 0.476. The van der Waals surface area contributed by atoms with E-state index in [1.165, 1.54) is 0 Å². The summed E-state index contributed by atoms with van der Waals surface area (Å²) in [7, 11) is 3.79. The first-order valence-corrected chi connectivity index (χ1v) is 9.80. The van der Waals surface area contributed by atoms with Crippen molar-refractivity contribution in [3.05, 3.63) is 36.2 Å². The van der Waals surface area contributed by atoms with Gasteiger partial charge >= 0.3 is 0 Å². The number of rotatable bonds is 4. The summed E-state index contributed by atoms with van der Waals surface area (Å²) in [5.41, 5.74) is 2.38. The van der Waals surface area contributed by atoms with Crippen LogP contribution >= 0.6 is 0 Å². The van der Waals surface area contributed by atoms with Gasteiger partial charge in [-0.05, 0) is 17.7 Å². The molecule has 1 amide bonds. The highest BCUT2D eigenvalue weighted by molar-refractivity contribution is 5.78. The first kappa shape index (κ1) is 19.6. The number of hydrogen-bond donors (Lipinski definition) is 2. The predicted molar refractivity (Wildman–Crippen MR) is 108 cm³/mol. The number of anilines is 1. The molecule has 1 unspecified atom stereocenters. The molecule has 2 N–H and O–H groups in total. The monoisotopic (exact) mass is 398 g/mol. The van der Waals surface area contributed by atoms with E-state index in [1.807, 2.05) is 37.2 Å². The molecule has 3 heterocycles. The van der Waals surface area contributed by atoms with Crippen molar-refractivity contribution in [2.45, 2.75) is 30.9 Å². The quantitative estimate of drug-likeness (QED) is 0.809. The smallest absolute Gasteiger partial charge is 0.246 e. The summed E-state index contributed by atoms with van der Waals surface area (Å²) < 4.78 is 11.9. The molecule has 1 spiro atoms.